The number of anilines is 2. The predicted molar refractivity (Wildman–Crippen MR) is 101 cm³/mol. The largest absolute Gasteiger partial charge is 0.494 e. The summed E-state index contributed by atoms with van der Waals surface area (Å²) in [6.45, 7) is 3.83. The first-order valence-corrected chi connectivity index (χ1v) is 8.73. The Labute approximate surface area is 160 Å². The van der Waals surface area contributed by atoms with Crippen molar-refractivity contribution >= 4 is 23.2 Å². The van der Waals surface area contributed by atoms with Crippen LogP contribution in [0, 0.1) is 0 Å². The van der Waals surface area contributed by atoms with Crippen molar-refractivity contribution in [3.8, 4) is 5.75 Å². The van der Waals surface area contributed by atoms with E-state index in [1.54, 1.807) is 12.1 Å². The molecule has 2 aromatic rings. The molecule has 150 valence electrons. The van der Waals surface area contributed by atoms with Crippen molar-refractivity contribution in [2.75, 3.05) is 17.2 Å². The van der Waals surface area contributed by atoms with Crippen LogP contribution in [-0.2, 0) is 11.0 Å². The number of carbonyl (C=O) groups excluding carboxylic acids is 2. The van der Waals surface area contributed by atoms with Crippen LogP contribution >= 0.6 is 0 Å². The highest BCUT2D eigenvalue weighted by atomic mass is 19.4. The van der Waals surface area contributed by atoms with Crippen molar-refractivity contribution in [1.82, 2.24) is 0 Å². The minimum atomic E-state index is -4.58. The quantitative estimate of drug-likeness (QED) is 0.643. The Morgan fingerprint density at radius 2 is 1.68 bits per heavy atom. The highest BCUT2D eigenvalue weighted by molar-refractivity contribution is 6.07. The van der Waals surface area contributed by atoms with E-state index in [2.05, 4.69) is 10.6 Å². The summed E-state index contributed by atoms with van der Waals surface area (Å²) in [6.07, 6.45) is -2.68. The van der Waals surface area contributed by atoms with Crippen LogP contribution in [0.2, 0.25) is 0 Å². The van der Waals surface area contributed by atoms with Gasteiger partial charge in [0, 0.05) is 12.5 Å². The van der Waals surface area contributed by atoms with Gasteiger partial charge in [0.25, 0.3) is 5.91 Å². The zero-order chi connectivity index (χ0) is 20.7. The first kappa shape index (κ1) is 21.3. The first-order valence-electron chi connectivity index (χ1n) is 8.73. The lowest BCUT2D eigenvalue weighted by Gasteiger charge is -2.15. The summed E-state index contributed by atoms with van der Waals surface area (Å²) >= 11 is 0. The van der Waals surface area contributed by atoms with Crippen LogP contribution in [0.3, 0.4) is 0 Å². The molecule has 0 radical (unpaired) electrons. The number of amides is 2. The molecule has 2 amide bonds. The Morgan fingerprint density at radius 1 is 1.00 bits per heavy atom. The molecule has 2 rings (SSSR count). The fraction of sp³-hybridized carbons (Fsp3) is 0.300. The average Bonchev–Trinajstić information content (AvgIpc) is 2.62. The number of benzene rings is 2. The summed E-state index contributed by atoms with van der Waals surface area (Å²) in [4.78, 5) is 23.7. The molecule has 0 unspecified atom stereocenters. The molecule has 0 saturated carbocycles. The molecule has 0 atom stereocenters. The molecule has 0 aliphatic carbocycles. The van der Waals surface area contributed by atoms with Crippen LogP contribution in [0.5, 0.6) is 5.75 Å². The summed E-state index contributed by atoms with van der Waals surface area (Å²) in [6, 6.07) is 8.99. The van der Waals surface area contributed by atoms with E-state index in [0.29, 0.717) is 12.4 Å². The lowest BCUT2D eigenvalue weighted by atomic mass is 10.1. The Bertz CT molecular complexity index is 834. The smallest absolute Gasteiger partial charge is 0.416 e. The third-order valence-electron chi connectivity index (χ3n) is 3.79. The van der Waals surface area contributed by atoms with Gasteiger partial charge in [0.15, 0.2) is 0 Å². The number of rotatable bonds is 7. The van der Waals surface area contributed by atoms with E-state index in [9.17, 15) is 22.8 Å². The number of nitrogens with one attached hydrogen (secondary N) is 2. The van der Waals surface area contributed by atoms with E-state index in [4.69, 9.17) is 4.74 Å². The van der Waals surface area contributed by atoms with Gasteiger partial charge in [-0.15, -0.1) is 0 Å². The molecule has 0 fully saturated rings. The molecule has 28 heavy (non-hydrogen) atoms. The number of ether oxygens (including phenoxy) is 1. The van der Waals surface area contributed by atoms with Gasteiger partial charge in [-0.3, -0.25) is 9.59 Å². The zero-order valence-electron chi connectivity index (χ0n) is 15.5. The van der Waals surface area contributed by atoms with Crippen molar-refractivity contribution in [3.05, 3.63) is 53.6 Å². The second kappa shape index (κ2) is 9.25. The van der Waals surface area contributed by atoms with Gasteiger partial charge in [0.05, 0.1) is 23.5 Å². The van der Waals surface area contributed by atoms with Crippen molar-refractivity contribution in [1.29, 1.82) is 0 Å². The normalized spacial score (nSPS) is 11.0. The maximum absolute atomic E-state index is 13.0. The average molecular weight is 394 g/mol. The minimum absolute atomic E-state index is 0.0772. The molecule has 0 heterocycles. The molecule has 2 N–H and O–H groups in total. The van der Waals surface area contributed by atoms with Crippen LogP contribution < -0.4 is 15.4 Å². The second-order valence-electron chi connectivity index (χ2n) is 6.12. The number of hydrogen-bond donors (Lipinski definition) is 2. The van der Waals surface area contributed by atoms with E-state index in [1.807, 2.05) is 6.92 Å². The van der Waals surface area contributed by atoms with E-state index in [1.165, 1.54) is 19.1 Å². The number of alkyl halides is 3. The lowest BCUT2D eigenvalue weighted by Crippen LogP contribution is -2.16. The van der Waals surface area contributed by atoms with Crippen molar-refractivity contribution in [2.45, 2.75) is 32.9 Å². The van der Waals surface area contributed by atoms with Crippen molar-refractivity contribution in [3.63, 3.8) is 0 Å². The van der Waals surface area contributed by atoms with Gasteiger partial charge in [-0.05, 0) is 48.9 Å². The fourth-order valence-electron chi connectivity index (χ4n) is 2.35. The zero-order valence-corrected chi connectivity index (χ0v) is 15.5. The summed E-state index contributed by atoms with van der Waals surface area (Å²) in [5.41, 5.74) is -0.753. The standard InChI is InChI=1S/C20H21F3N2O3/c1-3-4-11-28-16-8-5-14(6-9-16)19(27)25-18-12-15(20(21,22)23)7-10-17(18)24-13(2)26/h5-10,12H,3-4,11H2,1-2H3,(H,24,26)(H,25,27). The number of carbonyl (C=O) groups is 2. The molecule has 0 aliphatic heterocycles. The molecule has 5 nitrogen and oxygen atoms in total. The molecule has 0 aromatic heterocycles. The SMILES string of the molecule is CCCCOc1ccc(C(=O)Nc2cc(C(F)(F)F)ccc2NC(C)=O)cc1. The number of unbranched alkanes of at least 4 members (excludes halogenated alkanes) is 1. The summed E-state index contributed by atoms with van der Waals surface area (Å²) in [5.74, 6) is -0.474. The maximum atomic E-state index is 13.0. The van der Waals surface area contributed by atoms with Gasteiger partial charge >= 0.3 is 6.18 Å². The Hall–Kier alpha value is -3.03. The monoisotopic (exact) mass is 394 g/mol. The summed E-state index contributed by atoms with van der Waals surface area (Å²) in [7, 11) is 0. The molecular weight excluding hydrogens is 373 g/mol. The fourth-order valence-corrected chi connectivity index (χ4v) is 2.35. The van der Waals surface area contributed by atoms with Crippen molar-refractivity contribution in [2.24, 2.45) is 0 Å². The van der Waals surface area contributed by atoms with Crippen LogP contribution in [0.25, 0.3) is 0 Å². The number of halogens is 3. The molecule has 0 saturated heterocycles. The Kier molecular flexibility index (Phi) is 7.03. The van der Waals surface area contributed by atoms with Crippen LogP contribution in [0.1, 0.15) is 42.6 Å². The third-order valence-corrected chi connectivity index (χ3v) is 3.79. The van der Waals surface area contributed by atoms with Crippen LogP contribution in [0.15, 0.2) is 42.5 Å². The van der Waals surface area contributed by atoms with E-state index >= 15 is 0 Å². The minimum Gasteiger partial charge on any atom is -0.494 e. The highest BCUT2D eigenvalue weighted by Gasteiger charge is 2.31. The molecule has 2 aromatic carbocycles. The Morgan fingerprint density at radius 3 is 2.25 bits per heavy atom. The van der Waals surface area contributed by atoms with Crippen LogP contribution in [0.4, 0.5) is 24.5 Å². The van der Waals surface area contributed by atoms with Gasteiger partial charge < -0.3 is 15.4 Å². The van der Waals surface area contributed by atoms with Gasteiger partial charge in [0.2, 0.25) is 5.91 Å². The summed E-state index contributed by atoms with van der Waals surface area (Å²) in [5, 5.41) is 4.83. The molecule has 8 heteroatoms. The molecule has 0 spiro atoms. The first-order chi connectivity index (χ1) is 13.2. The van der Waals surface area contributed by atoms with Crippen LogP contribution in [-0.4, -0.2) is 18.4 Å². The van der Waals surface area contributed by atoms with Gasteiger partial charge in [0.1, 0.15) is 5.75 Å². The molecule has 0 aliphatic rings. The highest BCUT2D eigenvalue weighted by Crippen LogP contribution is 2.34. The van der Waals surface area contributed by atoms with E-state index in [0.717, 1.165) is 31.0 Å². The topological polar surface area (TPSA) is 67.4 Å². The van der Waals surface area contributed by atoms with Crippen molar-refractivity contribution < 1.29 is 27.5 Å². The van der Waals surface area contributed by atoms with Gasteiger partial charge in [-0.1, -0.05) is 13.3 Å². The van der Waals surface area contributed by atoms with E-state index < -0.39 is 23.6 Å². The van der Waals surface area contributed by atoms with Gasteiger partial charge in [-0.25, -0.2) is 0 Å². The lowest BCUT2D eigenvalue weighted by molar-refractivity contribution is -0.137. The maximum Gasteiger partial charge on any atom is 0.416 e. The molecular formula is C20H21F3N2O3. The number of hydrogen-bond acceptors (Lipinski definition) is 3. The summed E-state index contributed by atoms with van der Waals surface area (Å²) < 4.78 is 44.5. The Balaban J connectivity index is 2.20. The van der Waals surface area contributed by atoms with E-state index in [-0.39, 0.29) is 16.9 Å². The van der Waals surface area contributed by atoms with Gasteiger partial charge in [-0.2, -0.15) is 13.2 Å². The second-order valence-corrected chi connectivity index (χ2v) is 6.12. The predicted octanol–water partition coefficient (Wildman–Crippen LogP) is 5.10. The molecule has 0 bridgehead atoms. The third kappa shape index (κ3) is 6.00.